The molecule has 0 radical (unpaired) electrons. The van der Waals surface area contributed by atoms with E-state index in [9.17, 15) is 4.79 Å². The third-order valence-electron chi connectivity index (χ3n) is 3.31. The number of nitrogens with zero attached hydrogens (tertiary/aromatic N) is 2. The van der Waals surface area contributed by atoms with E-state index in [4.69, 9.17) is 0 Å². The lowest BCUT2D eigenvalue weighted by Crippen LogP contribution is -1.99. The molecule has 4 heteroatoms. The Bertz CT molecular complexity index is 834. The second-order valence-electron chi connectivity index (χ2n) is 4.72. The number of para-hydroxylation sites is 1. The topological polar surface area (TPSA) is 51.5 Å². The van der Waals surface area contributed by atoms with Crippen LogP contribution in [0.25, 0.3) is 10.9 Å². The van der Waals surface area contributed by atoms with E-state index >= 15 is 0 Å². The molecule has 0 saturated heterocycles. The fourth-order valence-electron chi connectivity index (χ4n) is 2.18. The highest BCUT2D eigenvalue weighted by Crippen LogP contribution is 2.17. The van der Waals surface area contributed by atoms with Gasteiger partial charge in [0, 0.05) is 23.4 Å². The van der Waals surface area contributed by atoms with Crippen molar-refractivity contribution in [3.05, 3.63) is 71.9 Å². The van der Waals surface area contributed by atoms with Crippen LogP contribution in [0.5, 0.6) is 0 Å². The average molecular weight is 290 g/mol. The van der Waals surface area contributed by atoms with Crippen molar-refractivity contribution in [1.29, 1.82) is 0 Å². The van der Waals surface area contributed by atoms with Gasteiger partial charge >= 0.3 is 5.97 Å². The minimum absolute atomic E-state index is 0.353. The number of esters is 1. The average Bonchev–Trinajstić information content (AvgIpc) is 2.59. The Morgan fingerprint density at radius 1 is 1.09 bits per heavy atom. The van der Waals surface area contributed by atoms with Crippen LogP contribution in [0, 0.1) is 0 Å². The number of hydrogen-bond acceptors (Lipinski definition) is 4. The molecule has 4 nitrogen and oxygen atoms in total. The van der Waals surface area contributed by atoms with Crippen molar-refractivity contribution in [3.63, 3.8) is 0 Å². The van der Waals surface area contributed by atoms with Gasteiger partial charge < -0.3 is 4.74 Å². The Labute approximate surface area is 128 Å². The van der Waals surface area contributed by atoms with E-state index in [0.29, 0.717) is 5.56 Å². The van der Waals surface area contributed by atoms with Crippen LogP contribution < -0.4 is 0 Å². The lowest BCUT2D eigenvalue weighted by atomic mass is 10.1. The largest absolute Gasteiger partial charge is 0.465 e. The van der Waals surface area contributed by atoms with Crippen LogP contribution in [0.15, 0.2) is 65.8 Å². The van der Waals surface area contributed by atoms with Crippen LogP contribution in [0.3, 0.4) is 0 Å². The van der Waals surface area contributed by atoms with Gasteiger partial charge in [0.1, 0.15) is 0 Å². The third-order valence-corrected chi connectivity index (χ3v) is 3.31. The first kappa shape index (κ1) is 13.9. The molecular formula is C18H14N2O2. The summed E-state index contributed by atoms with van der Waals surface area (Å²) in [6, 6.07) is 16.8. The molecule has 0 atom stereocenters. The predicted octanol–water partition coefficient (Wildman–Crippen LogP) is 3.77. The van der Waals surface area contributed by atoms with Crippen LogP contribution in [-0.2, 0) is 4.74 Å². The standard InChI is InChI=1S/C18H14N2O2/c1-22-18(21)14-7-9-16(10-8-14)20-12-15-5-2-4-13-6-3-11-19-17(13)15/h2-12H,1H3. The number of aromatic nitrogens is 1. The number of ether oxygens (including phenoxy) is 1. The summed E-state index contributed by atoms with van der Waals surface area (Å²) < 4.78 is 4.67. The highest BCUT2D eigenvalue weighted by molar-refractivity contribution is 5.98. The molecule has 0 amide bonds. The number of carbonyl (C=O) groups is 1. The van der Waals surface area contributed by atoms with Gasteiger partial charge in [0.05, 0.1) is 23.9 Å². The van der Waals surface area contributed by atoms with Gasteiger partial charge in [-0.05, 0) is 30.3 Å². The molecule has 0 spiro atoms. The molecule has 1 aromatic heterocycles. The number of fused-ring (bicyclic) bond motifs is 1. The summed E-state index contributed by atoms with van der Waals surface area (Å²) in [7, 11) is 1.36. The Balaban J connectivity index is 1.88. The maximum absolute atomic E-state index is 11.4. The van der Waals surface area contributed by atoms with Gasteiger partial charge in [-0.25, -0.2) is 4.79 Å². The molecule has 22 heavy (non-hydrogen) atoms. The molecule has 0 saturated carbocycles. The first-order chi connectivity index (χ1) is 10.8. The molecule has 1 heterocycles. The van der Waals surface area contributed by atoms with Crippen molar-refractivity contribution >= 4 is 28.8 Å². The SMILES string of the molecule is COC(=O)c1ccc(N=Cc2cccc3cccnc23)cc1. The first-order valence-corrected chi connectivity index (χ1v) is 6.84. The molecule has 0 unspecified atom stereocenters. The summed E-state index contributed by atoms with van der Waals surface area (Å²) in [4.78, 5) is 20.2. The van der Waals surface area contributed by atoms with Gasteiger partial charge in [0.15, 0.2) is 0 Å². The van der Waals surface area contributed by atoms with E-state index in [-0.39, 0.29) is 5.97 Å². The van der Waals surface area contributed by atoms with E-state index in [0.717, 1.165) is 22.2 Å². The smallest absolute Gasteiger partial charge is 0.337 e. The maximum atomic E-state index is 11.4. The molecular weight excluding hydrogens is 276 g/mol. The van der Waals surface area contributed by atoms with Gasteiger partial charge in [0.2, 0.25) is 0 Å². The number of rotatable bonds is 3. The first-order valence-electron chi connectivity index (χ1n) is 6.84. The number of hydrogen-bond donors (Lipinski definition) is 0. The van der Waals surface area contributed by atoms with Gasteiger partial charge in [-0.15, -0.1) is 0 Å². The molecule has 0 N–H and O–H groups in total. The van der Waals surface area contributed by atoms with Crippen molar-refractivity contribution in [2.24, 2.45) is 4.99 Å². The van der Waals surface area contributed by atoms with E-state index in [1.54, 1.807) is 36.7 Å². The Morgan fingerprint density at radius 2 is 1.86 bits per heavy atom. The summed E-state index contributed by atoms with van der Waals surface area (Å²) in [5.41, 5.74) is 3.14. The number of aliphatic imine (C=N–C) groups is 1. The molecule has 0 aliphatic carbocycles. The molecule has 0 aliphatic heterocycles. The van der Waals surface area contributed by atoms with E-state index in [2.05, 4.69) is 14.7 Å². The number of benzene rings is 2. The Morgan fingerprint density at radius 3 is 2.64 bits per heavy atom. The van der Waals surface area contributed by atoms with Crippen molar-refractivity contribution in [2.45, 2.75) is 0 Å². The molecule has 0 fully saturated rings. The van der Waals surface area contributed by atoms with E-state index < -0.39 is 0 Å². The van der Waals surface area contributed by atoms with Crippen LogP contribution in [0.1, 0.15) is 15.9 Å². The van der Waals surface area contributed by atoms with Gasteiger partial charge in [-0.2, -0.15) is 0 Å². The van der Waals surface area contributed by atoms with Crippen molar-refractivity contribution < 1.29 is 9.53 Å². The highest BCUT2D eigenvalue weighted by Gasteiger charge is 2.03. The summed E-state index contributed by atoms with van der Waals surface area (Å²) in [5, 5.41) is 1.08. The van der Waals surface area contributed by atoms with E-state index in [1.807, 2.05) is 30.3 Å². The van der Waals surface area contributed by atoms with Crippen molar-refractivity contribution in [3.8, 4) is 0 Å². The summed E-state index contributed by atoms with van der Waals surface area (Å²) in [6.45, 7) is 0. The highest BCUT2D eigenvalue weighted by atomic mass is 16.5. The zero-order valence-corrected chi connectivity index (χ0v) is 12.1. The zero-order chi connectivity index (χ0) is 15.4. The molecule has 3 rings (SSSR count). The minimum atomic E-state index is -0.353. The number of pyridine rings is 1. The van der Waals surface area contributed by atoms with Gasteiger partial charge in [-0.3, -0.25) is 9.98 Å². The molecule has 2 aromatic carbocycles. The fraction of sp³-hybridized carbons (Fsp3) is 0.0556. The molecule has 0 aliphatic rings. The molecule has 3 aromatic rings. The molecule has 0 bridgehead atoms. The summed E-state index contributed by atoms with van der Waals surface area (Å²) in [5.74, 6) is -0.353. The predicted molar refractivity (Wildman–Crippen MR) is 86.8 cm³/mol. The quantitative estimate of drug-likeness (QED) is 0.545. The normalized spacial score (nSPS) is 11.0. The monoisotopic (exact) mass is 290 g/mol. The van der Waals surface area contributed by atoms with Crippen LogP contribution in [0.4, 0.5) is 5.69 Å². The van der Waals surface area contributed by atoms with Crippen LogP contribution in [0.2, 0.25) is 0 Å². The second kappa shape index (κ2) is 6.18. The van der Waals surface area contributed by atoms with Gasteiger partial charge in [0.25, 0.3) is 0 Å². The number of methoxy groups -OCH3 is 1. The van der Waals surface area contributed by atoms with E-state index in [1.165, 1.54) is 7.11 Å². The van der Waals surface area contributed by atoms with Crippen LogP contribution >= 0.6 is 0 Å². The lowest BCUT2D eigenvalue weighted by molar-refractivity contribution is 0.0601. The second-order valence-corrected chi connectivity index (χ2v) is 4.72. The fourth-order valence-corrected chi connectivity index (χ4v) is 2.18. The molecule has 108 valence electrons. The summed E-state index contributed by atoms with van der Waals surface area (Å²) >= 11 is 0. The van der Waals surface area contributed by atoms with Crippen molar-refractivity contribution in [2.75, 3.05) is 7.11 Å². The van der Waals surface area contributed by atoms with Crippen LogP contribution in [-0.4, -0.2) is 24.3 Å². The van der Waals surface area contributed by atoms with Gasteiger partial charge in [-0.1, -0.05) is 24.3 Å². The maximum Gasteiger partial charge on any atom is 0.337 e. The minimum Gasteiger partial charge on any atom is -0.465 e. The van der Waals surface area contributed by atoms with Crippen molar-refractivity contribution in [1.82, 2.24) is 4.98 Å². The third kappa shape index (κ3) is 2.86. The number of carbonyl (C=O) groups excluding carboxylic acids is 1. The lowest BCUT2D eigenvalue weighted by Gasteiger charge is -2.01. The summed E-state index contributed by atoms with van der Waals surface area (Å²) in [6.07, 6.45) is 3.55. The Kier molecular flexibility index (Phi) is 3.92. The zero-order valence-electron chi connectivity index (χ0n) is 12.1. The Hall–Kier alpha value is -3.01.